The highest BCUT2D eigenvalue weighted by molar-refractivity contribution is 9.10. The topological polar surface area (TPSA) is 64.3 Å². The molecule has 1 aromatic rings. The van der Waals surface area contributed by atoms with Crippen LogP contribution in [0.1, 0.15) is 11.6 Å². The van der Waals surface area contributed by atoms with E-state index in [-0.39, 0.29) is 6.04 Å². The predicted octanol–water partition coefficient (Wildman–Crippen LogP) is 1.80. The second kappa shape index (κ2) is 5.72. The Morgan fingerprint density at radius 2 is 2.40 bits per heavy atom. The number of benzene rings is 1. The summed E-state index contributed by atoms with van der Waals surface area (Å²) in [7, 11) is 1.32. The molecule has 4 nitrogen and oxygen atoms in total. The number of alkyl carbamates (subject to hydrolysis) is 1. The molecule has 0 saturated heterocycles. The van der Waals surface area contributed by atoms with Gasteiger partial charge in [-0.05, 0) is 17.7 Å². The molecule has 0 aliphatic rings. The van der Waals surface area contributed by atoms with Crippen LogP contribution in [-0.2, 0) is 4.74 Å². The van der Waals surface area contributed by atoms with E-state index in [2.05, 4.69) is 26.0 Å². The number of methoxy groups -OCH3 is 1. The number of carbonyl (C=O) groups is 1. The molecule has 15 heavy (non-hydrogen) atoms. The quantitative estimate of drug-likeness (QED) is 0.882. The molecule has 0 saturated carbocycles. The summed E-state index contributed by atoms with van der Waals surface area (Å²) in [4.78, 5) is 10.8. The van der Waals surface area contributed by atoms with Crippen molar-refractivity contribution in [2.45, 2.75) is 6.04 Å². The Morgan fingerprint density at radius 3 is 3.00 bits per heavy atom. The molecule has 0 aliphatic heterocycles. The second-order valence-corrected chi connectivity index (χ2v) is 3.95. The molecule has 0 spiro atoms. The molecule has 0 radical (unpaired) electrons. The fourth-order valence-electron chi connectivity index (χ4n) is 1.12. The molecule has 3 N–H and O–H groups in total. The summed E-state index contributed by atoms with van der Waals surface area (Å²) >= 11 is 3.36. The van der Waals surface area contributed by atoms with Crippen LogP contribution in [-0.4, -0.2) is 19.7 Å². The minimum atomic E-state index is -0.472. The molecular formula is C10H13BrN2O2. The Labute approximate surface area is 96.9 Å². The molecule has 0 aliphatic carbocycles. The third kappa shape index (κ3) is 3.89. The van der Waals surface area contributed by atoms with Crippen molar-refractivity contribution in [2.24, 2.45) is 5.73 Å². The van der Waals surface area contributed by atoms with Crippen LogP contribution in [0.15, 0.2) is 28.7 Å². The largest absolute Gasteiger partial charge is 0.453 e. The fraction of sp³-hybridized carbons (Fsp3) is 0.300. The van der Waals surface area contributed by atoms with Gasteiger partial charge in [-0.15, -0.1) is 0 Å². The number of nitrogens with one attached hydrogen (secondary N) is 1. The molecule has 1 unspecified atom stereocenters. The Hall–Kier alpha value is -1.07. The van der Waals surface area contributed by atoms with E-state index in [1.165, 1.54) is 7.11 Å². The van der Waals surface area contributed by atoms with Crippen LogP contribution in [0.3, 0.4) is 0 Å². The summed E-state index contributed by atoms with van der Waals surface area (Å²) in [6, 6.07) is 7.42. The number of rotatable bonds is 3. The average molecular weight is 273 g/mol. The molecule has 0 bridgehead atoms. The van der Waals surface area contributed by atoms with Crippen molar-refractivity contribution in [1.82, 2.24) is 5.32 Å². The van der Waals surface area contributed by atoms with Gasteiger partial charge in [-0.2, -0.15) is 0 Å². The Bertz CT molecular complexity index is 344. The van der Waals surface area contributed by atoms with Gasteiger partial charge in [0.2, 0.25) is 0 Å². The molecule has 82 valence electrons. The van der Waals surface area contributed by atoms with E-state index < -0.39 is 6.09 Å². The zero-order valence-corrected chi connectivity index (χ0v) is 9.95. The zero-order chi connectivity index (χ0) is 11.3. The van der Waals surface area contributed by atoms with Crippen LogP contribution in [0.2, 0.25) is 0 Å². The van der Waals surface area contributed by atoms with Crippen molar-refractivity contribution in [3.63, 3.8) is 0 Å². The number of amides is 1. The summed E-state index contributed by atoms with van der Waals surface area (Å²) in [6.45, 7) is 0.350. The monoisotopic (exact) mass is 272 g/mol. The smallest absolute Gasteiger partial charge is 0.406 e. The van der Waals surface area contributed by atoms with Crippen molar-refractivity contribution in [3.8, 4) is 0 Å². The fourth-order valence-corrected chi connectivity index (χ4v) is 1.54. The number of carbonyl (C=O) groups excluding carboxylic acids is 1. The molecule has 1 aromatic carbocycles. The lowest BCUT2D eigenvalue weighted by molar-refractivity contribution is 0.170. The maximum Gasteiger partial charge on any atom is 0.406 e. The summed E-state index contributed by atoms with van der Waals surface area (Å²) in [6.07, 6.45) is -0.472. The lowest BCUT2D eigenvalue weighted by Crippen LogP contribution is -2.31. The van der Waals surface area contributed by atoms with Gasteiger partial charge < -0.3 is 15.8 Å². The minimum absolute atomic E-state index is 0.235. The number of hydrogen-bond acceptors (Lipinski definition) is 3. The number of hydrogen-bond donors (Lipinski definition) is 2. The van der Waals surface area contributed by atoms with Crippen LogP contribution >= 0.6 is 15.9 Å². The predicted molar refractivity (Wildman–Crippen MR) is 61.5 cm³/mol. The summed E-state index contributed by atoms with van der Waals surface area (Å²) in [5, 5.41) is 2.55. The van der Waals surface area contributed by atoms with E-state index >= 15 is 0 Å². The molecule has 0 aromatic heterocycles. The molecule has 0 fully saturated rings. The molecule has 1 rings (SSSR count). The van der Waals surface area contributed by atoms with Crippen LogP contribution in [0, 0.1) is 0 Å². The van der Waals surface area contributed by atoms with Gasteiger partial charge >= 0.3 is 6.09 Å². The van der Waals surface area contributed by atoms with Crippen LogP contribution in [0.4, 0.5) is 4.79 Å². The van der Waals surface area contributed by atoms with Crippen molar-refractivity contribution in [2.75, 3.05) is 13.7 Å². The highest BCUT2D eigenvalue weighted by Crippen LogP contribution is 2.15. The van der Waals surface area contributed by atoms with E-state index in [0.29, 0.717) is 6.54 Å². The first-order valence-corrected chi connectivity index (χ1v) is 5.25. The van der Waals surface area contributed by atoms with E-state index in [1.807, 2.05) is 24.3 Å². The Kier molecular flexibility index (Phi) is 4.58. The first kappa shape index (κ1) is 12.0. The van der Waals surface area contributed by atoms with Gasteiger partial charge in [0.25, 0.3) is 0 Å². The average Bonchev–Trinajstić information content (AvgIpc) is 2.25. The molecular weight excluding hydrogens is 260 g/mol. The van der Waals surface area contributed by atoms with E-state index in [1.54, 1.807) is 0 Å². The number of nitrogens with two attached hydrogens (primary N) is 1. The standard InChI is InChI=1S/C10H13BrN2O2/c1-15-10(14)13-6-9(12)7-3-2-4-8(11)5-7/h2-5,9H,6,12H2,1H3,(H,13,14). The van der Waals surface area contributed by atoms with E-state index in [4.69, 9.17) is 5.73 Å². The van der Waals surface area contributed by atoms with Crippen LogP contribution in [0.25, 0.3) is 0 Å². The summed E-state index contributed by atoms with van der Waals surface area (Å²) < 4.78 is 5.41. The van der Waals surface area contributed by atoms with Gasteiger partial charge in [0.05, 0.1) is 7.11 Å². The molecule has 5 heteroatoms. The van der Waals surface area contributed by atoms with Gasteiger partial charge in [0, 0.05) is 17.1 Å². The van der Waals surface area contributed by atoms with Crippen LogP contribution < -0.4 is 11.1 Å². The maximum absolute atomic E-state index is 10.8. The van der Waals surface area contributed by atoms with Crippen molar-refractivity contribution in [3.05, 3.63) is 34.3 Å². The van der Waals surface area contributed by atoms with Gasteiger partial charge in [-0.3, -0.25) is 0 Å². The van der Waals surface area contributed by atoms with Gasteiger partial charge in [-0.1, -0.05) is 28.1 Å². The summed E-state index contributed by atoms with van der Waals surface area (Å²) in [5.74, 6) is 0. The first-order valence-electron chi connectivity index (χ1n) is 4.46. The Balaban J connectivity index is 2.53. The first-order chi connectivity index (χ1) is 7.13. The number of halogens is 1. The highest BCUT2D eigenvalue weighted by atomic mass is 79.9. The summed E-state index contributed by atoms with van der Waals surface area (Å²) in [5.41, 5.74) is 6.83. The minimum Gasteiger partial charge on any atom is -0.453 e. The number of ether oxygens (including phenoxy) is 1. The zero-order valence-electron chi connectivity index (χ0n) is 8.37. The third-order valence-electron chi connectivity index (χ3n) is 1.93. The highest BCUT2D eigenvalue weighted by Gasteiger charge is 2.07. The van der Waals surface area contributed by atoms with Gasteiger partial charge in [0.15, 0.2) is 0 Å². The van der Waals surface area contributed by atoms with E-state index in [9.17, 15) is 4.79 Å². The van der Waals surface area contributed by atoms with Crippen molar-refractivity contribution >= 4 is 22.0 Å². The third-order valence-corrected chi connectivity index (χ3v) is 2.42. The van der Waals surface area contributed by atoms with Crippen molar-refractivity contribution < 1.29 is 9.53 Å². The molecule has 1 amide bonds. The lowest BCUT2D eigenvalue weighted by Gasteiger charge is -2.12. The van der Waals surface area contributed by atoms with Crippen LogP contribution in [0.5, 0.6) is 0 Å². The maximum atomic E-state index is 10.8. The Morgan fingerprint density at radius 1 is 1.67 bits per heavy atom. The van der Waals surface area contributed by atoms with Crippen molar-refractivity contribution in [1.29, 1.82) is 0 Å². The van der Waals surface area contributed by atoms with E-state index in [0.717, 1.165) is 10.0 Å². The molecule has 0 heterocycles. The molecule has 1 atom stereocenters. The normalized spacial score (nSPS) is 11.9. The van der Waals surface area contributed by atoms with Gasteiger partial charge in [-0.25, -0.2) is 4.79 Å². The lowest BCUT2D eigenvalue weighted by atomic mass is 10.1. The second-order valence-electron chi connectivity index (χ2n) is 3.03. The SMILES string of the molecule is COC(=O)NCC(N)c1cccc(Br)c1. The van der Waals surface area contributed by atoms with Gasteiger partial charge in [0.1, 0.15) is 0 Å².